The number of rotatable bonds is 5. The molecule has 1 aromatic carbocycles. The molecule has 1 heterocycles. The van der Waals surface area contributed by atoms with Crippen molar-refractivity contribution in [3.8, 4) is 0 Å². The SMILES string of the molecule is CCOC(=O)N1CCN(C(=O)C(C)(C)C(=O)Nc2ccc(N(C)C)cc2)CC1. The smallest absolute Gasteiger partial charge is 0.409 e. The summed E-state index contributed by atoms with van der Waals surface area (Å²) in [5.41, 5.74) is 0.447. The van der Waals surface area contributed by atoms with E-state index in [1.807, 2.05) is 43.3 Å². The van der Waals surface area contributed by atoms with Crippen LogP contribution in [0.2, 0.25) is 0 Å². The zero-order valence-electron chi connectivity index (χ0n) is 17.3. The van der Waals surface area contributed by atoms with Crippen LogP contribution in [-0.4, -0.2) is 74.6 Å². The molecule has 1 N–H and O–H groups in total. The Labute approximate surface area is 166 Å². The first-order valence-electron chi connectivity index (χ1n) is 9.46. The first-order valence-corrected chi connectivity index (χ1v) is 9.46. The highest BCUT2D eigenvalue weighted by Gasteiger charge is 2.40. The molecule has 1 aromatic rings. The number of anilines is 2. The number of hydrogen-bond acceptors (Lipinski definition) is 5. The number of hydrogen-bond donors (Lipinski definition) is 1. The van der Waals surface area contributed by atoms with Crippen LogP contribution in [0.3, 0.4) is 0 Å². The average Bonchev–Trinajstić information content (AvgIpc) is 2.68. The summed E-state index contributed by atoms with van der Waals surface area (Å²) in [7, 11) is 3.88. The normalized spacial score (nSPS) is 14.5. The van der Waals surface area contributed by atoms with Crippen molar-refractivity contribution in [2.24, 2.45) is 5.41 Å². The molecular weight excluding hydrogens is 360 g/mol. The molecule has 1 saturated heterocycles. The number of nitrogens with one attached hydrogen (secondary N) is 1. The van der Waals surface area contributed by atoms with E-state index in [-0.39, 0.29) is 17.9 Å². The minimum Gasteiger partial charge on any atom is -0.450 e. The maximum atomic E-state index is 12.9. The Balaban J connectivity index is 1.96. The van der Waals surface area contributed by atoms with Gasteiger partial charge in [-0.1, -0.05) is 0 Å². The second-order valence-electron chi connectivity index (χ2n) is 7.50. The van der Waals surface area contributed by atoms with E-state index in [1.54, 1.807) is 30.6 Å². The largest absolute Gasteiger partial charge is 0.450 e. The number of ether oxygens (including phenoxy) is 1. The lowest BCUT2D eigenvalue weighted by atomic mass is 9.89. The Morgan fingerprint density at radius 2 is 1.57 bits per heavy atom. The van der Waals surface area contributed by atoms with Crippen LogP contribution in [0.15, 0.2) is 24.3 Å². The Kier molecular flexibility index (Phi) is 6.88. The molecule has 0 bridgehead atoms. The van der Waals surface area contributed by atoms with Crippen molar-refractivity contribution in [2.45, 2.75) is 20.8 Å². The van der Waals surface area contributed by atoms with Gasteiger partial charge in [0, 0.05) is 51.6 Å². The van der Waals surface area contributed by atoms with Crippen molar-refractivity contribution in [1.29, 1.82) is 0 Å². The van der Waals surface area contributed by atoms with Crippen LogP contribution in [0.25, 0.3) is 0 Å². The van der Waals surface area contributed by atoms with Gasteiger partial charge >= 0.3 is 6.09 Å². The maximum absolute atomic E-state index is 12.9. The summed E-state index contributed by atoms with van der Waals surface area (Å²) in [4.78, 5) is 42.6. The van der Waals surface area contributed by atoms with Crippen LogP contribution in [0, 0.1) is 5.41 Å². The Hall–Kier alpha value is -2.77. The van der Waals surface area contributed by atoms with Crippen LogP contribution in [-0.2, 0) is 14.3 Å². The lowest BCUT2D eigenvalue weighted by Crippen LogP contribution is -2.55. The standard InChI is InChI=1S/C20H30N4O4/c1-6-28-19(27)24-13-11-23(12-14-24)18(26)20(2,3)17(25)21-15-7-9-16(10-8-15)22(4)5/h7-10H,6,11-14H2,1-5H3,(H,21,25). The molecule has 0 spiro atoms. The van der Waals surface area contributed by atoms with Gasteiger partial charge in [-0.3, -0.25) is 9.59 Å². The number of carbonyl (C=O) groups excluding carboxylic acids is 3. The number of nitrogens with zero attached hydrogens (tertiary/aromatic N) is 3. The van der Waals surface area contributed by atoms with Crippen LogP contribution in [0.4, 0.5) is 16.2 Å². The summed E-state index contributed by atoms with van der Waals surface area (Å²) in [6.07, 6.45) is -0.368. The summed E-state index contributed by atoms with van der Waals surface area (Å²) in [6, 6.07) is 7.43. The van der Waals surface area contributed by atoms with E-state index in [4.69, 9.17) is 4.74 Å². The van der Waals surface area contributed by atoms with E-state index < -0.39 is 5.41 Å². The fourth-order valence-electron chi connectivity index (χ4n) is 2.93. The van der Waals surface area contributed by atoms with Crippen molar-refractivity contribution in [3.05, 3.63) is 24.3 Å². The molecule has 3 amide bonds. The topological polar surface area (TPSA) is 82.2 Å². The monoisotopic (exact) mass is 390 g/mol. The molecule has 28 heavy (non-hydrogen) atoms. The van der Waals surface area contributed by atoms with Gasteiger partial charge in [-0.05, 0) is 45.0 Å². The van der Waals surface area contributed by atoms with Crippen LogP contribution in [0.5, 0.6) is 0 Å². The molecule has 0 radical (unpaired) electrons. The second kappa shape index (κ2) is 8.95. The molecule has 0 atom stereocenters. The van der Waals surface area contributed by atoms with Crippen LogP contribution >= 0.6 is 0 Å². The van der Waals surface area contributed by atoms with Gasteiger partial charge in [0.25, 0.3) is 0 Å². The fraction of sp³-hybridized carbons (Fsp3) is 0.550. The molecule has 8 nitrogen and oxygen atoms in total. The van der Waals surface area contributed by atoms with Crippen LogP contribution < -0.4 is 10.2 Å². The highest BCUT2D eigenvalue weighted by molar-refractivity contribution is 6.09. The van der Waals surface area contributed by atoms with Crippen molar-refractivity contribution in [1.82, 2.24) is 9.80 Å². The minimum atomic E-state index is -1.22. The number of benzene rings is 1. The zero-order chi connectivity index (χ0) is 20.9. The second-order valence-corrected chi connectivity index (χ2v) is 7.50. The van der Waals surface area contributed by atoms with Crippen molar-refractivity contribution in [3.63, 3.8) is 0 Å². The van der Waals surface area contributed by atoms with Gasteiger partial charge in [0.1, 0.15) is 5.41 Å². The van der Waals surface area contributed by atoms with E-state index in [1.165, 1.54) is 0 Å². The molecule has 0 saturated carbocycles. The lowest BCUT2D eigenvalue weighted by Gasteiger charge is -2.37. The Bertz CT molecular complexity index is 707. The number of piperazine rings is 1. The number of amides is 3. The Morgan fingerprint density at radius 3 is 2.07 bits per heavy atom. The van der Waals surface area contributed by atoms with Gasteiger partial charge in [0.15, 0.2) is 0 Å². The minimum absolute atomic E-state index is 0.251. The first-order chi connectivity index (χ1) is 13.2. The maximum Gasteiger partial charge on any atom is 0.409 e. The predicted octanol–water partition coefficient (Wildman–Crippen LogP) is 2.02. The van der Waals surface area contributed by atoms with Crippen molar-refractivity contribution < 1.29 is 19.1 Å². The van der Waals surface area contributed by atoms with Gasteiger partial charge in [-0.15, -0.1) is 0 Å². The highest BCUT2D eigenvalue weighted by atomic mass is 16.6. The summed E-state index contributed by atoms with van der Waals surface area (Å²) in [5, 5.41) is 2.82. The number of carbonyl (C=O) groups is 3. The third-order valence-corrected chi connectivity index (χ3v) is 4.84. The van der Waals surface area contributed by atoms with Gasteiger partial charge < -0.3 is 24.8 Å². The fourth-order valence-corrected chi connectivity index (χ4v) is 2.93. The summed E-state index contributed by atoms with van der Waals surface area (Å²) in [5.74, 6) is -0.610. The predicted molar refractivity (Wildman–Crippen MR) is 108 cm³/mol. The molecule has 154 valence electrons. The molecule has 1 aliphatic heterocycles. The lowest BCUT2D eigenvalue weighted by molar-refractivity contribution is -0.147. The molecule has 2 rings (SSSR count). The first kappa shape index (κ1) is 21.5. The van der Waals surface area contributed by atoms with Gasteiger partial charge in [0.05, 0.1) is 6.61 Å². The van der Waals surface area contributed by atoms with E-state index in [0.717, 1.165) is 5.69 Å². The third kappa shape index (κ3) is 4.94. The summed E-state index contributed by atoms with van der Waals surface area (Å²) >= 11 is 0. The molecular formula is C20H30N4O4. The zero-order valence-corrected chi connectivity index (χ0v) is 17.3. The molecule has 0 aromatic heterocycles. The van der Waals surface area contributed by atoms with Gasteiger partial charge in [-0.2, -0.15) is 0 Å². The molecule has 0 aliphatic carbocycles. The van der Waals surface area contributed by atoms with Gasteiger partial charge in [-0.25, -0.2) is 4.79 Å². The van der Waals surface area contributed by atoms with Crippen molar-refractivity contribution in [2.75, 3.05) is 57.1 Å². The summed E-state index contributed by atoms with van der Waals surface area (Å²) < 4.78 is 4.99. The molecule has 1 aliphatic rings. The van der Waals surface area contributed by atoms with Gasteiger partial charge in [0.2, 0.25) is 11.8 Å². The van der Waals surface area contributed by atoms with E-state index in [0.29, 0.717) is 38.5 Å². The quantitative estimate of drug-likeness (QED) is 0.778. The molecule has 1 fully saturated rings. The highest BCUT2D eigenvalue weighted by Crippen LogP contribution is 2.24. The van der Waals surface area contributed by atoms with Crippen molar-refractivity contribution >= 4 is 29.3 Å². The summed E-state index contributed by atoms with van der Waals surface area (Å²) in [6.45, 7) is 6.88. The van der Waals surface area contributed by atoms with E-state index >= 15 is 0 Å². The molecule has 8 heteroatoms. The van der Waals surface area contributed by atoms with E-state index in [9.17, 15) is 14.4 Å². The third-order valence-electron chi connectivity index (χ3n) is 4.84. The Morgan fingerprint density at radius 1 is 1.04 bits per heavy atom. The molecule has 0 unspecified atom stereocenters. The average molecular weight is 390 g/mol. The van der Waals surface area contributed by atoms with Crippen LogP contribution in [0.1, 0.15) is 20.8 Å². The van der Waals surface area contributed by atoms with E-state index in [2.05, 4.69) is 5.32 Å².